The van der Waals surface area contributed by atoms with Crippen LogP contribution in [0.1, 0.15) is 77.7 Å². The molecule has 10 nitrogen and oxygen atoms in total. The molecule has 1 aliphatic carbocycles. The number of piperazine rings is 1. The third-order valence-corrected chi connectivity index (χ3v) is 11.9. The minimum Gasteiger partial charge on any atom is -0.508 e. The van der Waals surface area contributed by atoms with Crippen molar-refractivity contribution in [2.75, 3.05) is 45.9 Å². The predicted octanol–water partition coefficient (Wildman–Crippen LogP) is 6.65. The Morgan fingerprint density at radius 2 is 1.59 bits per heavy atom. The fourth-order valence-corrected chi connectivity index (χ4v) is 8.89. The molecular weight excluding hydrogens is 705 g/mol. The van der Waals surface area contributed by atoms with Gasteiger partial charge in [0.15, 0.2) is 6.61 Å². The molecule has 0 spiro atoms. The number of aromatic hydroxyl groups is 1. The van der Waals surface area contributed by atoms with Crippen LogP contribution >= 0.6 is 0 Å². The van der Waals surface area contributed by atoms with E-state index in [9.17, 15) is 19.5 Å². The number of hydrogen-bond donors (Lipinski definition) is 2. The van der Waals surface area contributed by atoms with Crippen LogP contribution in [-0.4, -0.2) is 83.1 Å². The number of imide groups is 1. The van der Waals surface area contributed by atoms with Crippen molar-refractivity contribution in [2.45, 2.75) is 56.3 Å². The Morgan fingerprint density at radius 1 is 0.804 bits per heavy atom. The highest BCUT2D eigenvalue weighted by Crippen LogP contribution is 2.47. The van der Waals surface area contributed by atoms with Gasteiger partial charge in [0.1, 0.15) is 17.2 Å². The summed E-state index contributed by atoms with van der Waals surface area (Å²) >= 11 is 0. The van der Waals surface area contributed by atoms with Gasteiger partial charge in [-0.3, -0.25) is 24.6 Å². The van der Waals surface area contributed by atoms with Crippen LogP contribution in [0.5, 0.6) is 17.2 Å². The van der Waals surface area contributed by atoms with Crippen LogP contribution in [0.2, 0.25) is 0 Å². The number of carbonyl (C=O) groups is 3. The number of fused-ring (bicyclic) bond motifs is 2. The summed E-state index contributed by atoms with van der Waals surface area (Å²) in [5.41, 5.74) is 6.94. The molecule has 3 aliphatic rings. The number of phenolic OH excluding ortho intramolecular Hbond substituents is 1. The number of nitrogens with one attached hydrogen (secondary N) is 1. The highest BCUT2D eigenvalue weighted by Gasteiger charge is 2.33. The molecule has 4 aromatic carbocycles. The number of ether oxygens (including phenoxy) is 2. The lowest BCUT2D eigenvalue weighted by Crippen LogP contribution is -2.50. The molecule has 1 aromatic heterocycles. The fraction of sp³-hybridized carbons (Fsp3) is 0.370. The summed E-state index contributed by atoms with van der Waals surface area (Å²) < 4.78 is 14.1. The van der Waals surface area contributed by atoms with Gasteiger partial charge < -0.3 is 24.0 Å². The summed E-state index contributed by atoms with van der Waals surface area (Å²) in [4.78, 5) is 41.5. The first-order valence-electron chi connectivity index (χ1n) is 20.0. The van der Waals surface area contributed by atoms with Crippen molar-refractivity contribution in [1.82, 2.24) is 19.7 Å². The van der Waals surface area contributed by atoms with E-state index in [1.807, 2.05) is 53.0 Å². The van der Waals surface area contributed by atoms with E-state index < -0.39 is 0 Å². The second-order valence-electron chi connectivity index (χ2n) is 15.4. The molecular formula is C46H50N4O6. The smallest absolute Gasteiger partial charge is 0.260 e. The normalized spacial score (nSPS) is 20.1. The van der Waals surface area contributed by atoms with Gasteiger partial charge >= 0.3 is 0 Å². The monoisotopic (exact) mass is 754 g/mol. The van der Waals surface area contributed by atoms with E-state index in [2.05, 4.69) is 70.9 Å². The molecule has 3 atom stereocenters. The number of amides is 3. The second kappa shape index (κ2) is 16.6. The number of carbonyl (C=O) groups excluding carboxylic acids is 3. The van der Waals surface area contributed by atoms with Crippen molar-refractivity contribution < 1.29 is 29.0 Å². The summed E-state index contributed by atoms with van der Waals surface area (Å²) in [6, 6.07) is 30.9. The summed E-state index contributed by atoms with van der Waals surface area (Å²) in [5, 5.41) is 13.5. The van der Waals surface area contributed by atoms with Gasteiger partial charge in [0, 0.05) is 63.2 Å². The minimum atomic E-state index is -0.362. The van der Waals surface area contributed by atoms with E-state index in [0.717, 1.165) is 67.5 Å². The second-order valence-corrected chi connectivity index (χ2v) is 15.4. The summed E-state index contributed by atoms with van der Waals surface area (Å²) in [5.74, 6) is 1.52. The Hall–Kier alpha value is -5.61. The van der Waals surface area contributed by atoms with Gasteiger partial charge in [0.25, 0.3) is 5.91 Å². The lowest BCUT2D eigenvalue weighted by atomic mass is 9.69. The number of phenols is 1. The fourth-order valence-electron chi connectivity index (χ4n) is 8.89. The molecule has 2 saturated heterocycles. The van der Waals surface area contributed by atoms with Crippen LogP contribution in [0.4, 0.5) is 0 Å². The average Bonchev–Trinajstić information content (AvgIpc) is 3.54. The first kappa shape index (κ1) is 37.3. The molecule has 0 bridgehead atoms. The number of unbranched alkanes of at least 4 members (excludes halogenated alkanes) is 1. The maximum atomic E-state index is 13.1. The SMILES string of the molecule is Cn1cc(C2CCC(=O)NC2=O)c2ccc(OCC(=O)N3CCN(CCCCOc4ccc([C@@H]5c6ccc(O)cc6CC[C@@H]5c5ccccc5)cc4)CC3)cc21. The van der Waals surface area contributed by atoms with Crippen molar-refractivity contribution in [2.24, 2.45) is 7.05 Å². The van der Waals surface area contributed by atoms with Crippen molar-refractivity contribution in [3.05, 3.63) is 125 Å². The standard InChI is InChI=1S/C46H50N4O6/c1-48-29-41(40-19-20-43(52)47-46(40)54)39-18-15-36(28-42(39)48)56-30-44(53)50-24-22-49(23-25-50)21-5-6-26-55-35-13-9-32(10-14-35)45-37(31-7-3-2-4-8-31)16-11-33-27-34(51)12-17-38(33)45/h2-4,7-10,12-15,17-18,27-29,37,40,45,51H,5-6,11,16,19-26,30H2,1H3,(H,47,52,54)/t37-,40?,45+/m1/s1. The topological polar surface area (TPSA) is 113 Å². The van der Waals surface area contributed by atoms with Gasteiger partial charge in [-0.25, -0.2) is 0 Å². The highest BCUT2D eigenvalue weighted by molar-refractivity contribution is 6.03. The average molecular weight is 755 g/mol. The van der Waals surface area contributed by atoms with E-state index in [-0.39, 0.29) is 36.2 Å². The number of nitrogens with zero attached hydrogens (tertiary/aromatic N) is 3. The quantitative estimate of drug-likeness (QED) is 0.108. The van der Waals surface area contributed by atoms with Crippen LogP contribution < -0.4 is 14.8 Å². The Morgan fingerprint density at radius 3 is 2.38 bits per heavy atom. The largest absolute Gasteiger partial charge is 0.508 e. The van der Waals surface area contributed by atoms with E-state index in [4.69, 9.17) is 9.47 Å². The predicted molar refractivity (Wildman–Crippen MR) is 215 cm³/mol. The van der Waals surface area contributed by atoms with Crippen molar-refractivity contribution >= 4 is 28.6 Å². The van der Waals surface area contributed by atoms with Gasteiger partial charge in [-0.05, 0) is 109 Å². The molecule has 56 heavy (non-hydrogen) atoms. The zero-order chi connectivity index (χ0) is 38.6. The molecule has 10 heteroatoms. The first-order chi connectivity index (χ1) is 27.3. The molecule has 5 aromatic rings. The van der Waals surface area contributed by atoms with Gasteiger partial charge in [-0.15, -0.1) is 0 Å². The van der Waals surface area contributed by atoms with Crippen LogP contribution in [0.25, 0.3) is 10.9 Å². The third-order valence-electron chi connectivity index (χ3n) is 11.9. The Kier molecular flexibility index (Phi) is 11.1. The van der Waals surface area contributed by atoms with Crippen molar-refractivity contribution in [3.63, 3.8) is 0 Å². The van der Waals surface area contributed by atoms with Crippen LogP contribution in [0.3, 0.4) is 0 Å². The Balaban J connectivity index is 0.765. The minimum absolute atomic E-state index is 0.0251. The zero-order valence-corrected chi connectivity index (χ0v) is 32.0. The number of hydrogen-bond acceptors (Lipinski definition) is 7. The zero-order valence-electron chi connectivity index (χ0n) is 32.0. The van der Waals surface area contributed by atoms with Gasteiger partial charge in [-0.1, -0.05) is 48.5 Å². The van der Waals surface area contributed by atoms with E-state index in [0.29, 0.717) is 50.0 Å². The van der Waals surface area contributed by atoms with Gasteiger partial charge in [0.2, 0.25) is 11.8 Å². The third kappa shape index (κ3) is 8.16. The van der Waals surface area contributed by atoms with E-state index in [1.54, 1.807) is 0 Å². The van der Waals surface area contributed by atoms with Gasteiger partial charge in [0.05, 0.1) is 18.0 Å². The Bertz CT molecular complexity index is 2190. The first-order valence-corrected chi connectivity index (χ1v) is 20.0. The van der Waals surface area contributed by atoms with Crippen LogP contribution in [0, 0.1) is 0 Å². The number of aryl methyl sites for hydroxylation is 2. The molecule has 2 fully saturated rings. The summed E-state index contributed by atoms with van der Waals surface area (Å²) in [6.45, 7) is 4.61. The number of aromatic nitrogens is 1. The lowest BCUT2D eigenvalue weighted by molar-refractivity contribution is -0.135. The van der Waals surface area contributed by atoms with Crippen LogP contribution in [-0.2, 0) is 27.9 Å². The maximum absolute atomic E-state index is 13.1. The van der Waals surface area contributed by atoms with Crippen LogP contribution in [0.15, 0.2) is 97.2 Å². The molecule has 8 rings (SSSR count). The molecule has 2 N–H and O–H groups in total. The molecule has 1 unspecified atom stereocenters. The van der Waals surface area contributed by atoms with E-state index >= 15 is 0 Å². The lowest BCUT2D eigenvalue weighted by Gasteiger charge is -2.35. The van der Waals surface area contributed by atoms with Gasteiger partial charge in [-0.2, -0.15) is 0 Å². The number of piperidine rings is 1. The number of benzene rings is 4. The molecule has 0 saturated carbocycles. The molecule has 0 radical (unpaired) electrons. The molecule has 3 amide bonds. The summed E-state index contributed by atoms with van der Waals surface area (Å²) in [7, 11) is 1.92. The number of rotatable bonds is 12. The molecule has 290 valence electrons. The molecule has 3 heterocycles. The molecule has 2 aliphatic heterocycles. The van der Waals surface area contributed by atoms with Crippen molar-refractivity contribution in [1.29, 1.82) is 0 Å². The van der Waals surface area contributed by atoms with E-state index in [1.165, 1.54) is 22.3 Å². The van der Waals surface area contributed by atoms with Crippen molar-refractivity contribution in [3.8, 4) is 17.2 Å². The summed E-state index contributed by atoms with van der Waals surface area (Å²) in [6.07, 6.45) is 6.73. The highest BCUT2D eigenvalue weighted by atomic mass is 16.5. The maximum Gasteiger partial charge on any atom is 0.260 e. The Labute approximate surface area is 328 Å².